The third-order valence-corrected chi connectivity index (χ3v) is 3.96. The van der Waals surface area contributed by atoms with Crippen molar-refractivity contribution < 1.29 is 9.53 Å². The van der Waals surface area contributed by atoms with Crippen LogP contribution in [0.3, 0.4) is 0 Å². The van der Waals surface area contributed by atoms with Gasteiger partial charge in [-0.05, 0) is 50.3 Å². The average Bonchev–Trinajstić information content (AvgIpc) is 2.37. The SMILES string of the molecule is CC1CN(c2ncncc2I)CCN1C(=O)OC(C)(C)C. The highest BCUT2D eigenvalue weighted by Gasteiger charge is 2.31. The van der Waals surface area contributed by atoms with Gasteiger partial charge in [0.05, 0.1) is 3.57 Å². The van der Waals surface area contributed by atoms with Gasteiger partial charge in [-0.3, -0.25) is 0 Å². The highest BCUT2D eigenvalue weighted by Crippen LogP contribution is 2.22. The van der Waals surface area contributed by atoms with E-state index in [0.29, 0.717) is 6.54 Å². The van der Waals surface area contributed by atoms with Gasteiger partial charge in [-0.15, -0.1) is 0 Å². The van der Waals surface area contributed by atoms with Crippen LogP contribution < -0.4 is 4.90 Å². The van der Waals surface area contributed by atoms with Crippen LogP contribution in [0, 0.1) is 3.57 Å². The van der Waals surface area contributed by atoms with Gasteiger partial charge < -0.3 is 14.5 Å². The molecule has 0 radical (unpaired) electrons. The van der Waals surface area contributed by atoms with Crippen LogP contribution in [0.25, 0.3) is 0 Å². The third kappa shape index (κ3) is 4.18. The van der Waals surface area contributed by atoms with Gasteiger partial charge in [-0.2, -0.15) is 0 Å². The van der Waals surface area contributed by atoms with Crippen LogP contribution in [0.4, 0.5) is 10.6 Å². The zero-order chi connectivity index (χ0) is 15.6. The van der Waals surface area contributed by atoms with E-state index in [2.05, 4.69) is 37.5 Å². The van der Waals surface area contributed by atoms with Gasteiger partial charge in [0.2, 0.25) is 0 Å². The quantitative estimate of drug-likeness (QED) is 0.674. The topological polar surface area (TPSA) is 58.6 Å². The molecule has 116 valence electrons. The summed E-state index contributed by atoms with van der Waals surface area (Å²) in [5.74, 6) is 0.932. The standard InChI is InChI=1S/C14H21IN4O2/c1-10-8-18(12-11(15)7-16-9-17-12)5-6-19(10)13(20)21-14(2,3)4/h7,9-10H,5-6,8H2,1-4H3. The molecule has 0 spiro atoms. The van der Waals surface area contributed by atoms with E-state index in [1.54, 1.807) is 17.4 Å². The second-order valence-electron chi connectivity index (χ2n) is 6.16. The molecule has 1 saturated heterocycles. The van der Waals surface area contributed by atoms with Crippen LogP contribution in [-0.2, 0) is 4.74 Å². The van der Waals surface area contributed by atoms with E-state index in [0.717, 1.165) is 22.5 Å². The minimum atomic E-state index is -0.462. The molecule has 1 aliphatic rings. The Hall–Kier alpha value is -1.12. The largest absolute Gasteiger partial charge is 0.444 e. The molecule has 0 N–H and O–H groups in total. The van der Waals surface area contributed by atoms with Gasteiger partial charge in [0.25, 0.3) is 0 Å². The fraction of sp³-hybridized carbons (Fsp3) is 0.643. The fourth-order valence-corrected chi connectivity index (χ4v) is 2.92. The first-order valence-corrected chi connectivity index (χ1v) is 8.06. The third-order valence-electron chi connectivity index (χ3n) is 3.20. The molecule has 0 aliphatic carbocycles. The minimum absolute atomic E-state index is 0.0827. The lowest BCUT2D eigenvalue weighted by atomic mass is 10.2. The maximum absolute atomic E-state index is 12.2. The van der Waals surface area contributed by atoms with Crippen molar-refractivity contribution in [3.05, 3.63) is 16.1 Å². The molecule has 7 heteroatoms. The van der Waals surface area contributed by atoms with Gasteiger partial charge >= 0.3 is 6.09 Å². The van der Waals surface area contributed by atoms with E-state index < -0.39 is 5.60 Å². The van der Waals surface area contributed by atoms with Crippen molar-refractivity contribution in [3.63, 3.8) is 0 Å². The van der Waals surface area contributed by atoms with Crippen LogP contribution in [0.15, 0.2) is 12.5 Å². The van der Waals surface area contributed by atoms with Crippen LogP contribution >= 0.6 is 22.6 Å². The number of amides is 1. The number of anilines is 1. The molecule has 1 aliphatic heterocycles. The second-order valence-corrected chi connectivity index (χ2v) is 7.33. The Morgan fingerprint density at radius 3 is 2.71 bits per heavy atom. The molecular weight excluding hydrogens is 383 g/mol. The first-order valence-electron chi connectivity index (χ1n) is 6.98. The van der Waals surface area contributed by atoms with Crippen LogP contribution in [0.5, 0.6) is 0 Å². The van der Waals surface area contributed by atoms with E-state index in [-0.39, 0.29) is 12.1 Å². The van der Waals surface area contributed by atoms with Crippen LogP contribution in [0.1, 0.15) is 27.7 Å². The summed E-state index contributed by atoms with van der Waals surface area (Å²) in [6.45, 7) is 9.81. The molecule has 1 aromatic rings. The Balaban J connectivity index is 2.03. The van der Waals surface area contributed by atoms with E-state index in [1.165, 1.54) is 0 Å². The van der Waals surface area contributed by atoms with Crippen molar-refractivity contribution in [1.82, 2.24) is 14.9 Å². The molecule has 1 aromatic heterocycles. The highest BCUT2D eigenvalue weighted by molar-refractivity contribution is 14.1. The molecular formula is C14H21IN4O2. The molecule has 6 nitrogen and oxygen atoms in total. The van der Waals surface area contributed by atoms with Gasteiger partial charge in [-0.25, -0.2) is 14.8 Å². The van der Waals surface area contributed by atoms with E-state index in [4.69, 9.17) is 4.74 Å². The van der Waals surface area contributed by atoms with Crippen molar-refractivity contribution in [2.24, 2.45) is 0 Å². The average molecular weight is 404 g/mol. The lowest BCUT2D eigenvalue weighted by molar-refractivity contribution is 0.0158. The molecule has 0 aromatic carbocycles. The predicted molar refractivity (Wildman–Crippen MR) is 89.4 cm³/mol. The highest BCUT2D eigenvalue weighted by atomic mass is 127. The number of hydrogen-bond acceptors (Lipinski definition) is 5. The van der Waals surface area contributed by atoms with Gasteiger partial charge in [0.1, 0.15) is 17.7 Å². The van der Waals surface area contributed by atoms with Gasteiger partial charge in [0.15, 0.2) is 0 Å². The molecule has 0 saturated carbocycles. The van der Waals surface area contributed by atoms with Gasteiger partial charge in [0, 0.05) is 31.9 Å². The van der Waals surface area contributed by atoms with Crippen molar-refractivity contribution >= 4 is 34.5 Å². The number of carbonyl (C=O) groups excluding carboxylic acids is 1. The van der Waals surface area contributed by atoms with E-state index in [1.807, 2.05) is 27.7 Å². The number of piperazine rings is 1. The predicted octanol–water partition coefficient (Wildman–Crippen LogP) is 2.53. The number of ether oxygens (including phenoxy) is 1. The molecule has 1 amide bonds. The number of rotatable bonds is 1. The Bertz CT molecular complexity index is 518. The first-order chi connectivity index (χ1) is 9.78. The van der Waals surface area contributed by atoms with E-state index >= 15 is 0 Å². The van der Waals surface area contributed by atoms with Crippen LogP contribution in [0.2, 0.25) is 0 Å². The summed E-state index contributed by atoms with van der Waals surface area (Å²) in [6, 6.07) is 0.0827. The second kappa shape index (κ2) is 6.33. The number of carbonyl (C=O) groups is 1. The van der Waals surface area contributed by atoms with Crippen LogP contribution in [-0.4, -0.2) is 52.2 Å². The summed E-state index contributed by atoms with van der Waals surface area (Å²) >= 11 is 2.23. The number of halogens is 1. The molecule has 2 heterocycles. The van der Waals surface area contributed by atoms with Crippen molar-refractivity contribution in [2.45, 2.75) is 39.3 Å². The lowest BCUT2D eigenvalue weighted by Gasteiger charge is -2.40. The summed E-state index contributed by atoms with van der Waals surface area (Å²) in [6.07, 6.45) is 3.11. The Morgan fingerprint density at radius 2 is 2.14 bits per heavy atom. The zero-order valence-corrected chi connectivity index (χ0v) is 15.0. The molecule has 21 heavy (non-hydrogen) atoms. The van der Waals surface area contributed by atoms with E-state index in [9.17, 15) is 4.79 Å². The number of nitrogens with zero attached hydrogens (tertiary/aromatic N) is 4. The first kappa shape index (κ1) is 16.3. The summed E-state index contributed by atoms with van der Waals surface area (Å²) in [5.41, 5.74) is -0.462. The van der Waals surface area contributed by atoms with Crippen molar-refractivity contribution in [2.75, 3.05) is 24.5 Å². The summed E-state index contributed by atoms with van der Waals surface area (Å²) in [5, 5.41) is 0. The summed E-state index contributed by atoms with van der Waals surface area (Å²) in [7, 11) is 0. The Kier molecular flexibility index (Phi) is 4.90. The number of aromatic nitrogens is 2. The molecule has 1 atom stereocenters. The fourth-order valence-electron chi connectivity index (χ4n) is 2.28. The summed E-state index contributed by atoms with van der Waals surface area (Å²) in [4.78, 5) is 24.5. The maximum atomic E-state index is 12.2. The molecule has 2 rings (SSSR count). The van der Waals surface area contributed by atoms with Crippen molar-refractivity contribution in [3.8, 4) is 0 Å². The van der Waals surface area contributed by atoms with Crippen molar-refractivity contribution in [1.29, 1.82) is 0 Å². The molecule has 1 fully saturated rings. The maximum Gasteiger partial charge on any atom is 0.410 e. The summed E-state index contributed by atoms with van der Waals surface area (Å²) < 4.78 is 6.47. The monoisotopic (exact) mass is 404 g/mol. The molecule has 1 unspecified atom stereocenters. The lowest BCUT2D eigenvalue weighted by Crippen LogP contribution is -2.55. The normalized spacial score (nSPS) is 19.6. The Labute approximate surface area is 139 Å². The zero-order valence-electron chi connectivity index (χ0n) is 12.8. The Morgan fingerprint density at radius 1 is 1.43 bits per heavy atom. The number of hydrogen-bond donors (Lipinski definition) is 0. The minimum Gasteiger partial charge on any atom is -0.444 e. The smallest absolute Gasteiger partial charge is 0.410 e. The van der Waals surface area contributed by atoms with Gasteiger partial charge in [-0.1, -0.05) is 0 Å². The molecule has 0 bridgehead atoms.